The third-order valence-corrected chi connectivity index (χ3v) is 7.40. The maximum Gasteiger partial charge on any atom is 0.275 e. The number of carbonyl (C=O) groups excluding carboxylic acids is 1. The SMILES string of the molecule is CC1CC[NH+](CC(=O)N[C@]2(C)[C@@H]3CC[C@@H](C3)C2(C)C)CC1. The molecule has 1 saturated heterocycles. The number of rotatable bonds is 3. The Hall–Kier alpha value is -0.570. The van der Waals surface area contributed by atoms with Crippen LogP contribution in [0, 0.1) is 23.2 Å². The number of quaternary nitrogens is 1. The minimum absolute atomic E-state index is 0.00944. The topological polar surface area (TPSA) is 33.5 Å². The lowest BCUT2D eigenvalue weighted by molar-refractivity contribution is -0.898. The molecule has 1 amide bonds. The van der Waals surface area contributed by atoms with E-state index in [4.69, 9.17) is 0 Å². The van der Waals surface area contributed by atoms with Crippen molar-refractivity contribution in [3.8, 4) is 0 Å². The van der Waals surface area contributed by atoms with Crippen LogP contribution in [0.15, 0.2) is 0 Å². The van der Waals surface area contributed by atoms with Crippen LogP contribution in [0.5, 0.6) is 0 Å². The van der Waals surface area contributed by atoms with Crippen LogP contribution in [0.3, 0.4) is 0 Å². The first-order valence-electron chi connectivity index (χ1n) is 8.97. The average molecular weight is 293 g/mol. The maximum atomic E-state index is 12.6. The molecule has 1 aliphatic heterocycles. The molecule has 3 atom stereocenters. The molecule has 1 heterocycles. The lowest BCUT2D eigenvalue weighted by atomic mass is 9.64. The fourth-order valence-corrected chi connectivity index (χ4v) is 5.28. The summed E-state index contributed by atoms with van der Waals surface area (Å²) in [6, 6.07) is 0. The van der Waals surface area contributed by atoms with E-state index >= 15 is 0 Å². The molecule has 0 spiro atoms. The van der Waals surface area contributed by atoms with Gasteiger partial charge in [-0.2, -0.15) is 0 Å². The van der Waals surface area contributed by atoms with Crippen molar-refractivity contribution in [2.45, 2.75) is 65.3 Å². The number of hydrogen-bond acceptors (Lipinski definition) is 1. The smallest absolute Gasteiger partial charge is 0.275 e. The van der Waals surface area contributed by atoms with Gasteiger partial charge in [-0.15, -0.1) is 0 Å². The Bertz CT molecular complexity index is 411. The summed E-state index contributed by atoms with van der Waals surface area (Å²) in [7, 11) is 0. The molecule has 3 heteroatoms. The van der Waals surface area contributed by atoms with Crippen LogP contribution in [0.25, 0.3) is 0 Å². The normalized spacial score (nSPS) is 44.8. The van der Waals surface area contributed by atoms with Gasteiger partial charge in [0, 0.05) is 5.54 Å². The second-order valence-electron chi connectivity index (χ2n) is 8.79. The molecule has 3 fully saturated rings. The van der Waals surface area contributed by atoms with Crippen molar-refractivity contribution in [2.24, 2.45) is 23.2 Å². The van der Waals surface area contributed by atoms with E-state index in [1.165, 1.54) is 50.1 Å². The first kappa shape index (κ1) is 15.3. The molecule has 0 aromatic heterocycles. The molecular weight excluding hydrogens is 260 g/mol. The Kier molecular flexibility index (Phi) is 3.84. The largest absolute Gasteiger partial charge is 0.345 e. The monoisotopic (exact) mass is 293 g/mol. The molecule has 0 aromatic carbocycles. The van der Waals surface area contributed by atoms with Gasteiger partial charge in [0.2, 0.25) is 0 Å². The molecule has 3 rings (SSSR count). The molecule has 2 bridgehead atoms. The number of fused-ring (bicyclic) bond motifs is 2. The van der Waals surface area contributed by atoms with E-state index in [1.54, 1.807) is 0 Å². The summed E-state index contributed by atoms with van der Waals surface area (Å²) in [6.45, 7) is 12.4. The molecule has 2 N–H and O–H groups in total. The summed E-state index contributed by atoms with van der Waals surface area (Å²) in [6.07, 6.45) is 6.53. The van der Waals surface area contributed by atoms with Gasteiger partial charge >= 0.3 is 0 Å². The van der Waals surface area contributed by atoms with Gasteiger partial charge in [-0.05, 0) is 62.2 Å². The van der Waals surface area contributed by atoms with Crippen molar-refractivity contribution in [1.82, 2.24) is 5.32 Å². The standard InChI is InChI=1S/C18H32N2O/c1-13-7-9-20(10-8-13)12-16(21)19-18(4)15-6-5-14(11-15)17(18,2)3/h13-15H,5-12H2,1-4H3,(H,19,21)/p+1/t14-,15+,18+/m0/s1. The van der Waals surface area contributed by atoms with Gasteiger partial charge in [0.1, 0.15) is 0 Å². The first-order chi connectivity index (χ1) is 9.83. The van der Waals surface area contributed by atoms with Gasteiger partial charge in [-0.1, -0.05) is 20.8 Å². The third-order valence-electron chi connectivity index (χ3n) is 7.40. The zero-order valence-electron chi connectivity index (χ0n) is 14.3. The zero-order valence-corrected chi connectivity index (χ0v) is 14.3. The molecule has 0 aromatic rings. The molecule has 3 nitrogen and oxygen atoms in total. The van der Waals surface area contributed by atoms with Crippen LogP contribution in [-0.2, 0) is 4.79 Å². The predicted octanol–water partition coefficient (Wildman–Crippen LogP) is 1.63. The van der Waals surface area contributed by atoms with Gasteiger partial charge in [-0.25, -0.2) is 0 Å². The summed E-state index contributed by atoms with van der Waals surface area (Å²) < 4.78 is 0. The Morgan fingerprint density at radius 1 is 1.10 bits per heavy atom. The summed E-state index contributed by atoms with van der Waals surface area (Å²) in [5.41, 5.74) is 0.257. The van der Waals surface area contributed by atoms with Crippen LogP contribution in [0.4, 0.5) is 0 Å². The van der Waals surface area contributed by atoms with Crippen molar-refractivity contribution in [1.29, 1.82) is 0 Å². The third kappa shape index (κ3) is 2.52. The zero-order chi connectivity index (χ0) is 15.3. The maximum absolute atomic E-state index is 12.6. The number of amides is 1. The summed E-state index contributed by atoms with van der Waals surface area (Å²) in [4.78, 5) is 14.1. The van der Waals surface area contributed by atoms with E-state index in [0.717, 1.165) is 11.8 Å². The molecule has 2 saturated carbocycles. The van der Waals surface area contributed by atoms with E-state index in [1.807, 2.05) is 0 Å². The van der Waals surface area contributed by atoms with Gasteiger partial charge in [0.05, 0.1) is 13.1 Å². The second kappa shape index (κ2) is 5.26. The van der Waals surface area contributed by atoms with Crippen LogP contribution in [0.2, 0.25) is 0 Å². The molecule has 0 unspecified atom stereocenters. The molecular formula is C18H33N2O+. The van der Waals surface area contributed by atoms with E-state index < -0.39 is 0 Å². The highest BCUT2D eigenvalue weighted by molar-refractivity contribution is 5.78. The summed E-state index contributed by atoms with van der Waals surface area (Å²) in [5.74, 6) is 2.62. The summed E-state index contributed by atoms with van der Waals surface area (Å²) in [5, 5.41) is 3.48. The highest BCUT2D eigenvalue weighted by atomic mass is 16.2. The van der Waals surface area contributed by atoms with Gasteiger partial charge < -0.3 is 10.2 Å². The fraction of sp³-hybridized carbons (Fsp3) is 0.944. The number of piperidine rings is 1. The lowest BCUT2D eigenvalue weighted by Crippen LogP contribution is -3.14. The van der Waals surface area contributed by atoms with Crippen LogP contribution in [-0.4, -0.2) is 31.1 Å². The molecule has 21 heavy (non-hydrogen) atoms. The Balaban J connectivity index is 1.59. The van der Waals surface area contributed by atoms with E-state index in [-0.39, 0.29) is 16.9 Å². The van der Waals surface area contributed by atoms with Crippen molar-refractivity contribution in [2.75, 3.05) is 19.6 Å². The van der Waals surface area contributed by atoms with Crippen LogP contribution in [0.1, 0.15) is 59.8 Å². The van der Waals surface area contributed by atoms with Gasteiger partial charge in [0.25, 0.3) is 5.91 Å². The lowest BCUT2D eigenvalue weighted by Gasteiger charge is -2.48. The first-order valence-corrected chi connectivity index (χ1v) is 8.97. The number of likely N-dealkylation sites (tertiary alicyclic amines) is 1. The molecule has 3 aliphatic rings. The summed E-state index contributed by atoms with van der Waals surface area (Å²) >= 11 is 0. The Morgan fingerprint density at radius 3 is 2.29 bits per heavy atom. The molecule has 2 aliphatic carbocycles. The molecule has 0 radical (unpaired) electrons. The highest BCUT2D eigenvalue weighted by Crippen LogP contribution is 2.61. The van der Waals surface area contributed by atoms with Crippen LogP contribution >= 0.6 is 0 Å². The predicted molar refractivity (Wildman–Crippen MR) is 85.1 cm³/mol. The highest BCUT2D eigenvalue weighted by Gasteiger charge is 2.60. The number of hydrogen-bond donors (Lipinski definition) is 2. The number of nitrogens with one attached hydrogen (secondary N) is 2. The van der Waals surface area contributed by atoms with E-state index in [2.05, 4.69) is 33.0 Å². The van der Waals surface area contributed by atoms with Crippen molar-refractivity contribution < 1.29 is 9.69 Å². The minimum atomic E-state index is 0.00944. The van der Waals surface area contributed by atoms with Crippen molar-refractivity contribution in [3.63, 3.8) is 0 Å². The second-order valence-corrected chi connectivity index (χ2v) is 8.79. The minimum Gasteiger partial charge on any atom is -0.345 e. The van der Waals surface area contributed by atoms with E-state index in [9.17, 15) is 4.79 Å². The van der Waals surface area contributed by atoms with Gasteiger partial charge in [0.15, 0.2) is 6.54 Å². The Labute approximate surface area is 129 Å². The van der Waals surface area contributed by atoms with Crippen LogP contribution < -0.4 is 10.2 Å². The average Bonchev–Trinajstić information content (AvgIpc) is 2.96. The van der Waals surface area contributed by atoms with Crippen molar-refractivity contribution >= 4 is 5.91 Å². The quantitative estimate of drug-likeness (QED) is 0.815. The van der Waals surface area contributed by atoms with E-state index in [0.29, 0.717) is 12.5 Å². The van der Waals surface area contributed by atoms with Crippen molar-refractivity contribution in [3.05, 3.63) is 0 Å². The Morgan fingerprint density at radius 2 is 1.71 bits per heavy atom. The number of carbonyl (C=O) groups is 1. The fourth-order valence-electron chi connectivity index (χ4n) is 5.28. The molecule has 120 valence electrons. The van der Waals surface area contributed by atoms with Gasteiger partial charge in [-0.3, -0.25) is 4.79 Å².